The highest BCUT2D eigenvalue weighted by Gasteiger charge is 2.06. The standard InChI is InChI=1S/C21H34O4/c1-2-3-4-5-6-7-8-9-10-11-12-13-14-15-16-17-21(24)25-19-20(23)18-22/h3-4,6-7,9-10,12-13,20,22-23H,2,5,8,11,14-19H2,1H3/t20-/m1/s1. The molecule has 0 bridgehead atoms. The number of hydrogen-bond donors (Lipinski definition) is 2. The van der Waals surface area contributed by atoms with Gasteiger partial charge in [0, 0.05) is 6.42 Å². The van der Waals surface area contributed by atoms with E-state index in [1.54, 1.807) is 0 Å². The molecule has 0 aromatic rings. The fourth-order valence-electron chi connectivity index (χ4n) is 1.94. The Morgan fingerprint density at radius 1 is 0.920 bits per heavy atom. The van der Waals surface area contributed by atoms with Crippen molar-refractivity contribution >= 4 is 5.97 Å². The minimum absolute atomic E-state index is 0.133. The zero-order valence-electron chi connectivity index (χ0n) is 15.5. The number of esters is 1. The van der Waals surface area contributed by atoms with E-state index in [2.05, 4.69) is 55.5 Å². The van der Waals surface area contributed by atoms with Crippen molar-refractivity contribution in [1.29, 1.82) is 0 Å². The lowest BCUT2D eigenvalue weighted by Gasteiger charge is -2.07. The molecule has 0 aliphatic heterocycles. The van der Waals surface area contributed by atoms with E-state index < -0.39 is 6.10 Å². The molecule has 0 aliphatic carbocycles. The Morgan fingerprint density at radius 3 is 2.04 bits per heavy atom. The van der Waals surface area contributed by atoms with Gasteiger partial charge in [-0.25, -0.2) is 0 Å². The lowest BCUT2D eigenvalue weighted by Crippen LogP contribution is -2.21. The summed E-state index contributed by atoms with van der Waals surface area (Å²) in [5, 5.41) is 17.7. The van der Waals surface area contributed by atoms with Crippen molar-refractivity contribution in [2.75, 3.05) is 13.2 Å². The summed E-state index contributed by atoms with van der Waals surface area (Å²) in [6, 6.07) is 0. The minimum atomic E-state index is -0.978. The van der Waals surface area contributed by atoms with Crippen LogP contribution in [0.5, 0.6) is 0 Å². The monoisotopic (exact) mass is 350 g/mol. The summed E-state index contributed by atoms with van der Waals surface area (Å²) >= 11 is 0. The molecule has 142 valence electrons. The van der Waals surface area contributed by atoms with Crippen LogP contribution in [0.3, 0.4) is 0 Å². The van der Waals surface area contributed by atoms with Gasteiger partial charge in [0.1, 0.15) is 12.7 Å². The van der Waals surface area contributed by atoms with Crippen LogP contribution in [0.25, 0.3) is 0 Å². The average Bonchev–Trinajstić information content (AvgIpc) is 2.62. The zero-order chi connectivity index (χ0) is 18.6. The Kier molecular flexibility index (Phi) is 17.5. The first-order chi connectivity index (χ1) is 12.2. The molecule has 0 spiro atoms. The highest BCUT2D eigenvalue weighted by molar-refractivity contribution is 5.69. The van der Waals surface area contributed by atoms with Crippen LogP contribution in [0.2, 0.25) is 0 Å². The molecule has 0 amide bonds. The number of ether oxygens (including phenoxy) is 1. The molecule has 0 aromatic carbocycles. The van der Waals surface area contributed by atoms with E-state index in [9.17, 15) is 4.79 Å². The van der Waals surface area contributed by atoms with Gasteiger partial charge in [-0.3, -0.25) is 4.79 Å². The number of rotatable bonds is 15. The quantitative estimate of drug-likeness (QED) is 0.263. The van der Waals surface area contributed by atoms with Crippen molar-refractivity contribution in [2.24, 2.45) is 0 Å². The van der Waals surface area contributed by atoms with Crippen molar-refractivity contribution in [1.82, 2.24) is 0 Å². The molecular weight excluding hydrogens is 316 g/mol. The predicted molar refractivity (Wildman–Crippen MR) is 103 cm³/mol. The Morgan fingerprint density at radius 2 is 1.48 bits per heavy atom. The van der Waals surface area contributed by atoms with E-state index in [4.69, 9.17) is 14.9 Å². The Balaban J connectivity index is 3.47. The molecular formula is C21H34O4. The van der Waals surface area contributed by atoms with Gasteiger partial charge in [0.15, 0.2) is 0 Å². The molecule has 0 aromatic heterocycles. The van der Waals surface area contributed by atoms with Gasteiger partial charge >= 0.3 is 5.97 Å². The number of aliphatic hydroxyl groups excluding tert-OH is 2. The minimum Gasteiger partial charge on any atom is -0.463 e. The third-order valence-corrected chi connectivity index (χ3v) is 3.37. The highest BCUT2D eigenvalue weighted by Crippen LogP contribution is 2.03. The maximum atomic E-state index is 11.3. The van der Waals surface area contributed by atoms with Gasteiger partial charge in [0.05, 0.1) is 6.61 Å². The Hall–Kier alpha value is -1.65. The summed E-state index contributed by atoms with van der Waals surface area (Å²) in [6.07, 6.45) is 23.4. The molecule has 25 heavy (non-hydrogen) atoms. The number of allylic oxidation sites excluding steroid dienone is 8. The fourth-order valence-corrected chi connectivity index (χ4v) is 1.94. The summed E-state index contributed by atoms with van der Waals surface area (Å²) in [7, 11) is 0. The van der Waals surface area contributed by atoms with Crippen LogP contribution >= 0.6 is 0 Å². The summed E-state index contributed by atoms with van der Waals surface area (Å²) in [4.78, 5) is 11.3. The summed E-state index contributed by atoms with van der Waals surface area (Å²) < 4.78 is 4.83. The van der Waals surface area contributed by atoms with Crippen LogP contribution in [0.4, 0.5) is 0 Å². The molecule has 0 saturated carbocycles. The maximum Gasteiger partial charge on any atom is 0.305 e. The van der Waals surface area contributed by atoms with Crippen LogP contribution in [-0.4, -0.2) is 35.5 Å². The molecule has 0 fully saturated rings. The molecule has 0 radical (unpaired) electrons. The van der Waals surface area contributed by atoms with Gasteiger partial charge < -0.3 is 14.9 Å². The van der Waals surface area contributed by atoms with Crippen molar-refractivity contribution in [3.63, 3.8) is 0 Å². The molecule has 1 atom stereocenters. The van der Waals surface area contributed by atoms with E-state index in [1.165, 1.54) is 0 Å². The van der Waals surface area contributed by atoms with Crippen LogP contribution in [0, 0.1) is 0 Å². The number of hydrogen-bond acceptors (Lipinski definition) is 4. The lowest BCUT2D eigenvalue weighted by atomic mass is 10.2. The highest BCUT2D eigenvalue weighted by atomic mass is 16.5. The molecule has 4 nitrogen and oxygen atoms in total. The van der Waals surface area contributed by atoms with Crippen molar-refractivity contribution in [2.45, 2.75) is 64.4 Å². The summed E-state index contributed by atoms with van der Waals surface area (Å²) in [5.41, 5.74) is 0. The van der Waals surface area contributed by atoms with E-state index >= 15 is 0 Å². The van der Waals surface area contributed by atoms with Gasteiger partial charge in [0.2, 0.25) is 0 Å². The largest absolute Gasteiger partial charge is 0.463 e. The number of carbonyl (C=O) groups is 1. The normalized spacial score (nSPS) is 13.6. The van der Waals surface area contributed by atoms with Gasteiger partial charge in [0.25, 0.3) is 0 Å². The van der Waals surface area contributed by atoms with Crippen molar-refractivity contribution < 1.29 is 19.7 Å². The first-order valence-electron chi connectivity index (χ1n) is 9.25. The van der Waals surface area contributed by atoms with Gasteiger partial charge in [-0.2, -0.15) is 0 Å². The lowest BCUT2D eigenvalue weighted by molar-refractivity contribution is -0.147. The second-order valence-electron chi connectivity index (χ2n) is 5.77. The van der Waals surface area contributed by atoms with Crippen molar-refractivity contribution in [3.8, 4) is 0 Å². The van der Waals surface area contributed by atoms with Crippen LogP contribution in [-0.2, 0) is 9.53 Å². The fraction of sp³-hybridized carbons (Fsp3) is 0.571. The Labute approximate surface area is 152 Å². The third kappa shape index (κ3) is 18.5. The molecule has 0 unspecified atom stereocenters. The second-order valence-corrected chi connectivity index (χ2v) is 5.77. The molecule has 0 rings (SSSR count). The van der Waals surface area contributed by atoms with Crippen LogP contribution in [0.15, 0.2) is 48.6 Å². The maximum absolute atomic E-state index is 11.3. The van der Waals surface area contributed by atoms with E-state index in [0.29, 0.717) is 6.42 Å². The van der Waals surface area contributed by atoms with E-state index in [1.807, 2.05) is 0 Å². The number of unbranched alkanes of at least 4 members (excludes halogenated alkanes) is 2. The predicted octanol–water partition coefficient (Wildman–Crippen LogP) is 4.25. The average molecular weight is 350 g/mol. The number of carbonyl (C=O) groups excluding carboxylic acids is 1. The molecule has 0 aliphatic rings. The van der Waals surface area contributed by atoms with Crippen LogP contribution in [0.1, 0.15) is 58.3 Å². The van der Waals surface area contributed by atoms with E-state index in [0.717, 1.165) is 44.9 Å². The smallest absolute Gasteiger partial charge is 0.305 e. The second kappa shape index (κ2) is 18.7. The molecule has 0 heterocycles. The van der Waals surface area contributed by atoms with Gasteiger partial charge in [-0.05, 0) is 44.9 Å². The summed E-state index contributed by atoms with van der Waals surface area (Å²) in [6.45, 7) is 1.61. The summed E-state index contributed by atoms with van der Waals surface area (Å²) in [5.74, 6) is -0.322. The first-order valence-corrected chi connectivity index (χ1v) is 9.25. The third-order valence-electron chi connectivity index (χ3n) is 3.37. The SMILES string of the molecule is CCC=CCC=CCC=CCC=CCCCCC(=O)OC[C@H](O)CO. The topological polar surface area (TPSA) is 66.8 Å². The molecule has 4 heteroatoms. The Bertz CT molecular complexity index is 422. The van der Waals surface area contributed by atoms with Crippen LogP contribution < -0.4 is 0 Å². The van der Waals surface area contributed by atoms with Crippen molar-refractivity contribution in [3.05, 3.63) is 48.6 Å². The van der Waals surface area contributed by atoms with Gasteiger partial charge in [-0.1, -0.05) is 55.5 Å². The zero-order valence-corrected chi connectivity index (χ0v) is 15.5. The molecule has 0 saturated heterocycles. The van der Waals surface area contributed by atoms with E-state index in [-0.39, 0.29) is 19.2 Å². The first kappa shape index (κ1) is 23.4. The molecule has 2 N–H and O–H groups in total. The number of aliphatic hydroxyl groups is 2. The van der Waals surface area contributed by atoms with Gasteiger partial charge in [-0.15, -0.1) is 0 Å².